The molecule has 0 unspecified atom stereocenters. The minimum absolute atomic E-state index is 0.162. The summed E-state index contributed by atoms with van der Waals surface area (Å²) in [6.07, 6.45) is 1.91. The first-order chi connectivity index (χ1) is 14.4. The van der Waals surface area contributed by atoms with Crippen molar-refractivity contribution >= 4 is 21.6 Å². The number of sulfone groups is 1. The van der Waals surface area contributed by atoms with E-state index in [9.17, 15) is 8.42 Å². The van der Waals surface area contributed by atoms with Gasteiger partial charge in [0.1, 0.15) is 17.3 Å². The smallest absolute Gasteiger partial charge is 0.190 e. The lowest BCUT2D eigenvalue weighted by atomic mass is 10.2. The van der Waals surface area contributed by atoms with Crippen LogP contribution in [0.15, 0.2) is 58.6 Å². The van der Waals surface area contributed by atoms with Crippen molar-refractivity contribution in [3.05, 3.63) is 65.5 Å². The Morgan fingerprint density at radius 3 is 2.47 bits per heavy atom. The van der Waals surface area contributed by atoms with E-state index in [0.717, 1.165) is 40.6 Å². The molecule has 0 radical (unpaired) electrons. The van der Waals surface area contributed by atoms with Crippen LogP contribution in [-0.2, 0) is 22.6 Å². The largest absolute Gasteiger partial charge is 0.493 e. The quantitative estimate of drug-likeness (QED) is 0.341. The molecule has 6 nitrogen and oxygen atoms in total. The molecular weight excluding hydrogens is 418 g/mol. The minimum atomic E-state index is -3.45. The molecule has 3 aromatic rings. The van der Waals surface area contributed by atoms with Gasteiger partial charge in [0.25, 0.3) is 0 Å². The first-order valence-electron chi connectivity index (χ1n) is 9.86. The number of rotatable bonds is 10. The summed E-state index contributed by atoms with van der Waals surface area (Å²) in [5.74, 6) is 2.08. The van der Waals surface area contributed by atoms with E-state index >= 15 is 0 Å². The molecule has 1 heterocycles. The number of nitrogens with zero attached hydrogens (tertiary/aromatic N) is 3. The Labute approximate surface area is 182 Å². The predicted molar refractivity (Wildman–Crippen MR) is 120 cm³/mol. The normalized spacial score (nSPS) is 11.6. The van der Waals surface area contributed by atoms with E-state index in [1.54, 1.807) is 40.6 Å². The fraction of sp³-hybridized carbons (Fsp3) is 0.364. The van der Waals surface area contributed by atoms with E-state index in [0.29, 0.717) is 17.3 Å². The summed E-state index contributed by atoms with van der Waals surface area (Å²) in [5.41, 5.74) is 2.16. The number of aromatic nitrogens is 3. The zero-order valence-electron chi connectivity index (χ0n) is 17.5. The third kappa shape index (κ3) is 5.86. The molecule has 30 heavy (non-hydrogen) atoms. The summed E-state index contributed by atoms with van der Waals surface area (Å²) < 4.78 is 32.9. The third-order valence-electron chi connectivity index (χ3n) is 4.75. The molecule has 0 bridgehead atoms. The molecule has 160 valence electrons. The lowest BCUT2D eigenvalue weighted by Crippen LogP contribution is -2.09. The van der Waals surface area contributed by atoms with E-state index in [1.165, 1.54) is 0 Å². The van der Waals surface area contributed by atoms with Gasteiger partial charge in [0, 0.05) is 12.8 Å². The highest BCUT2D eigenvalue weighted by molar-refractivity contribution is 7.99. The van der Waals surface area contributed by atoms with Crippen LogP contribution in [0.5, 0.6) is 5.75 Å². The summed E-state index contributed by atoms with van der Waals surface area (Å²) in [6.45, 7) is 4.64. The van der Waals surface area contributed by atoms with Gasteiger partial charge in [0.05, 0.1) is 11.5 Å². The maximum Gasteiger partial charge on any atom is 0.190 e. The van der Waals surface area contributed by atoms with E-state index in [-0.39, 0.29) is 5.75 Å². The Balaban J connectivity index is 1.47. The summed E-state index contributed by atoms with van der Waals surface area (Å²) in [6, 6.07) is 14.9. The van der Waals surface area contributed by atoms with Gasteiger partial charge in [-0.25, -0.2) is 8.42 Å². The van der Waals surface area contributed by atoms with Gasteiger partial charge in [0.2, 0.25) is 0 Å². The van der Waals surface area contributed by atoms with Crippen molar-refractivity contribution < 1.29 is 13.2 Å². The number of ether oxygens (including phenoxy) is 1. The predicted octanol–water partition coefficient (Wildman–Crippen LogP) is 4.36. The van der Waals surface area contributed by atoms with Crippen molar-refractivity contribution in [2.24, 2.45) is 7.05 Å². The third-order valence-corrected chi connectivity index (χ3v) is 7.48. The fourth-order valence-corrected chi connectivity index (χ4v) is 5.10. The van der Waals surface area contributed by atoms with Crippen LogP contribution in [0.4, 0.5) is 0 Å². The number of hydrogen-bond acceptors (Lipinski definition) is 6. The van der Waals surface area contributed by atoms with Crippen LogP contribution in [0.3, 0.4) is 0 Å². The maximum absolute atomic E-state index is 12.6. The Hall–Kier alpha value is -2.32. The van der Waals surface area contributed by atoms with Gasteiger partial charge in [-0.3, -0.25) is 0 Å². The van der Waals surface area contributed by atoms with Crippen LogP contribution in [-0.4, -0.2) is 35.5 Å². The molecular formula is C22H27N3O3S2. The second-order valence-corrected chi connectivity index (χ2v) is 10.3. The van der Waals surface area contributed by atoms with Crippen molar-refractivity contribution in [2.45, 2.75) is 42.5 Å². The van der Waals surface area contributed by atoms with E-state index in [1.807, 2.05) is 45.2 Å². The summed E-state index contributed by atoms with van der Waals surface area (Å²) >= 11 is 1.58. The second-order valence-electron chi connectivity index (χ2n) is 7.20. The van der Waals surface area contributed by atoms with Gasteiger partial charge in [-0.1, -0.05) is 47.7 Å². The molecule has 0 aliphatic heterocycles. The fourth-order valence-electron chi connectivity index (χ4n) is 2.86. The minimum Gasteiger partial charge on any atom is -0.493 e. The number of thioether (sulfide) groups is 1. The molecule has 8 heteroatoms. The van der Waals surface area contributed by atoms with Crippen molar-refractivity contribution in [3.63, 3.8) is 0 Å². The van der Waals surface area contributed by atoms with Gasteiger partial charge >= 0.3 is 0 Å². The van der Waals surface area contributed by atoms with E-state index in [2.05, 4.69) is 10.2 Å². The van der Waals surface area contributed by atoms with Gasteiger partial charge < -0.3 is 9.30 Å². The van der Waals surface area contributed by atoms with Crippen LogP contribution < -0.4 is 4.74 Å². The zero-order chi connectivity index (χ0) is 21.6. The molecule has 2 aromatic carbocycles. The van der Waals surface area contributed by atoms with Crippen LogP contribution in [0, 0.1) is 13.8 Å². The van der Waals surface area contributed by atoms with Crippen molar-refractivity contribution in [1.29, 1.82) is 0 Å². The molecule has 0 atom stereocenters. The topological polar surface area (TPSA) is 74.1 Å². The number of para-hydroxylation sites is 1. The van der Waals surface area contributed by atoms with Crippen LogP contribution in [0.1, 0.15) is 29.8 Å². The molecule has 0 spiro atoms. The standard InChI is InChI=1S/C22H27N3O3S2/c1-17-10-12-19(13-11-17)30(26,27)16-21-23-24-22(25(21)3)29-15-7-6-14-28-20-9-5-4-8-18(20)2/h4-5,8-13H,6-7,14-16H2,1-3H3. The van der Waals surface area contributed by atoms with Gasteiger partial charge in [-0.2, -0.15) is 0 Å². The highest BCUT2D eigenvalue weighted by atomic mass is 32.2. The highest BCUT2D eigenvalue weighted by Gasteiger charge is 2.20. The van der Waals surface area contributed by atoms with Crippen molar-refractivity contribution in [2.75, 3.05) is 12.4 Å². The van der Waals surface area contributed by atoms with Gasteiger partial charge in [0.15, 0.2) is 15.0 Å². The molecule has 3 rings (SSSR count). The Morgan fingerprint density at radius 1 is 1.00 bits per heavy atom. The molecule has 1 aromatic heterocycles. The zero-order valence-corrected chi connectivity index (χ0v) is 19.2. The number of benzene rings is 2. The SMILES string of the molecule is Cc1ccc(S(=O)(=O)Cc2nnc(SCCCCOc3ccccc3C)n2C)cc1. The van der Waals surface area contributed by atoms with Gasteiger partial charge in [-0.05, 0) is 50.5 Å². The number of unbranched alkanes of at least 4 members (excludes halogenated alkanes) is 1. The average molecular weight is 446 g/mol. The molecule has 0 aliphatic carbocycles. The van der Waals surface area contributed by atoms with Crippen LogP contribution in [0.2, 0.25) is 0 Å². The number of hydrogen-bond donors (Lipinski definition) is 0. The Bertz CT molecular complexity index is 1080. The highest BCUT2D eigenvalue weighted by Crippen LogP contribution is 2.21. The second kappa shape index (κ2) is 10.1. The summed E-state index contributed by atoms with van der Waals surface area (Å²) in [5, 5.41) is 8.99. The van der Waals surface area contributed by atoms with Crippen molar-refractivity contribution in [3.8, 4) is 5.75 Å². The molecule has 0 saturated heterocycles. The Morgan fingerprint density at radius 2 is 1.73 bits per heavy atom. The maximum atomic E-state index is 12.6. The summed E-state index contributed by atoms with van der Waals surface area (Å²) in [4.78, 5) is 0.305. The van der Waals surface area contributed by atoms with Crippen LogP contribution >= 0.6 is 11.8 Å². The molecule has 0 amide bonds. The van der Waals surface area contributed by atoms with Crippen molar-refractivity contribution in [1.82, 2.24) is 14.8 Å². The first kappa shape index (κ1) is 22.4. The van der Waals surface area contributed by atoms with E-state index < -0.39 is 9.84 Å². The monoisotopic (exact) mass is 445 g/mol. The Kier molecular flexibility index (Phi) is 7.55. The van der Waals surface area contributed by atoms with E-state index in [4.69, 9.17) is 4.74 Å². The number of aryl methyl sites for hydroxylation is 2. The average Bonchev–Trinajstić information content (AvgIpc) is 3.05. The molecule has 0 fully saturated rings. The van der Waals surface area contributed by atoms with Crippen LogP contribution in [0.25, 0.3) is 0 Å². The molecule has 0 saturated carbocycles. The first-order valence-corrected chi connectivity index (χ1v) is 12.5. The lowest BCUT2D eigenvalue weighted by molar-refractivity contribution is 0.308. The molecule has 0 N–H and O–H groups in total. The van der Waals surface area contributed by atoms with Gasteiger partial charge in [-0.15, -0.1) is 10.2 Å². The summed E-state index contributed by atoms with van der Waals surface area (Å²) in [7, 11) is -1.64. The lowest BCUT2D eigenvalue weighted by Gasteiger charge is -2.08. The molecule has 0 aliphatic rings.